The molecule has 2 N–H and O–H groups in total. The van der Waals surface area contributed by atoms with Crippen LogP contribution < -0.4 is 10.0 Å². The quantitative estimate of drug-likeness (QED) is 0.668. The smallest absolute Gasteiger partial charge is 0.212 e. The van der Waals surface area contributed by atoms with Gasteiger partial charge in [0.1, 0.15) is 0 Å². The van der Waals surface area contributed by atoms with Gasteiger partial charge in [-0.3, -0.25) is 0 Å². The highest BCUT2D eigenvalue weighted by Crippen LogP contribution is 2.03. The van der Waals surface area contributed by atoms with Crippen molar-refractivity contribution in [1.82, 2.24) is 10.0 Å². The van der Waals surface area contributed by atoms with E-state index in [9.17, 15) is 8.42 Å². The number of nitrogens with one attached hydrogen (secondary N) is 2. The van der Waals surface area contributed by atoms with Gasteiger partial charge in [0.2, 0.25) is 10.0 Å². The molecular formula is C9H22N2O2S2. The maximum absolute atomic E-state index is 11.5. The van der Waals surface area contributed by atoms with Gasteiger partial charge >= 0.3 is 0 Å². The summed E-state index contributed by atoms with van der Waals surface area (Å²) in [6, 6.07) is 0.324. The number of hydrogen-bond donors (Lipinski definition) is 2. The third-order valence-corrected chi connectivity index (χ3v) is 4.24. The van der Waals surface area contributed by atoms with E-state index in [1.165, 1.54) is 0 Å². The molecule has 92 valence electrons. The van der Waals surface area contributed by atoms with Crippen molar-refractivity contribution >= 4 is 21.8 Å². The fourth-order valence-electron chi connectivity index (χ4n) is 0.882. The van der Waals surface area contributed by atoms with Gasteiger partial charge in [0, 0.05) is 24.4 Å². The Hall–Kier alpha value is 0.220. The van der Waals surface area contributed by atoms with Gasteiger partial charge in [0.15, 0.2) is 0 Å². The van der Waals surface area contributed by atoms with Crippen molar-refractivity contribution in [1.29, 1.82) is 0 Å². The molecule has 4 nitrogen and oxygen atoms in total. The number of sulfonamides is 1. The van der Waals surface area contributed by atoms with Crippen molar-refractivity contribution in [2.45, 2.75) is 32.1 Å². The lowest BCUT2D eigenvalue weighted by atomic mass is 10.4. The van der Waals surface area contributed by atoms with Crippen LogP contribution in [0.5, 0.6) is 0 Å². The largest absolute Gasteiger partial charge is 0.313 e. The Morgan fingerprint density at radius 2 is 1.87 bits per heavy atom. The zero-order valence-corrected chi connectivity index (χ0v) is 11.5. The molecular weight excluding hydrogens is 232 g/mol. The Kier molecular flexibility index (Phi) is 7.60. The summed E-state index contributed by atoms with van der Waals surface area (Å²) in [5.41, 5.74) is 0. The van der Waals surface area contributed by atoms with E-state index in [1.807, 2.05) is 27.0 Å². The number of hydrogen-bond acceptors (Lipinski definition) is 4. The molecule has 0 aromatic carbocycles. The molecule has 0 aromatic rings. The molecule has 0 aliphatic carbocycles. The van der Waals surface area contributed by atoms with Crippen molar-refractivity contribution in [3.05, 3.63) is 0 Å². The Labute approximate surface area is 97.6 Å². The Morgan fingerprint density at radius 3 is 2.33 bits per heavy atom. The summed E-state index contributed by atoms with van der Waals surface area (Å²) < 4.78 is 25.5. The van der Waals surface area contributed by atoms with Gasteiger partial charge in [-0.05, 0) is 6.26 Å². The molecule has 0 bridgehead atoms. The second-order valence-electron chi connectivity index (χ2n) is 3.82. The summed E-state index contributed by atoms with van der Waals surface area (Å²) >= 11 is 1.65. The molecule has 6 heteroatoms. The molecule has 0 aromatic heterocycles. The van der Waals surface area contributed by atoms with E-state index in [1.54, 1.807) is 11.8 Å². The third-order valence-electron chi connectivity index (χ3n) is 1.92. The molecule has 0 heterocycles. The minimum Gasteiger partial charge on any atom is -0.313 e. The van der Waals surface area contributed by atoms with Gasteiger partial charge in [0.25, 0.3) is 0 Å². The van der Waals surface area contributed by atoms with Crippen LogP contribution in [0.4, 0.5) is 0 Å². The molecule has 0 saturated carbocycles. The molecule has 0 amide bonds. The van der Waals surface area contributed by atoms with Crippen LogP contribution in [0.2, 0.25) is 0 Å². The molecule has 0 aliphatic heterocycles. The zero-order valence-electron chi connectivity index (χ0n) is 9.91. The van der Waals surface area contributed by atoms with E-state index < -0.39 is 10.0 Å². The Morgan fingerprint density at radius 1 is 1.27 bits per heavy atom. The fourth-order valence-corrected chi connectivity index (χ4v) is 2.27. The second kappa shape index (κ2) is 7.49. The van der Waals surface area contributed by atoms with Crippen LogP contribution in [0.15, 0.2) is 0 Å². The van der Waals surface area contributed by atoms with Crippen LogP contribution in [0.1, 0.15) is 20.8 Å². The highest BCUT2D eigenvalue weighted by Gasteiger charge is 2.11. The van der Waals surface area contributed by atoms with E-state index in [0.29, 0.717) is 24.4 Å². The van der Waals surface area contributed by atoms with Crippen molar-refractivity contribution in [3.63, 3.8) is 0 Å². The first kappa shape index (κ1) is 15.2. The van der Waals surface area contributed by atoms with Crippen LogP contribution in [-0.2, 0) is 10.0 Å². The van der Waals surface area contributed by atoms with Crippen LogP contribution >= 0.6 is 11.8 Å². The number of thioether (sulfide) groups is 1. The summed E-state index contributed by atoms with van der Waals surface area (Å²) in [5, 5.41) is 3.40. The van der Waals surface area contributed by atoms with Gasteiger partial charge < -0.3 is 5.32 Å². The zero-order chi connectivity index (χ0) is 11.9. The van der Waals surface area contributed by atoms with E-state index >= 15 is 0 Å². The summed E-state index contributed by atoms with van der Waals surface area (Å²) in [5.74, 6) is 0.145. The van der Waals surface area contributed by atoms with E-state index in [0.717, 1.165) is 0 Å². The standard InChI is InChI=1S/C9H22N2O2S2/c1-8(2)10-5-6-15(12,13)11-7-9(3)14-4/h8-11H,5-7H2,1-4H3. The average Bonchev–Trinajstić information content (AvgIpc) is 2.13. The second-order valence-corrected chi connectivity index (χ2v) is 7.03. The fraction of sp³-hybridized carbons (Fsp3) is 1.00. The Bertz CT molecular complexity index is 253. The molecule has 0 spiro atoms. The van der Waals surface area contributed by atoms with E-state index in [2.05, 4.69) is 10.0 Å². The molecule has 15 heavy (non-hydrogen) atoms. The van der Waals surface area contributed by atoms with Gasteiger partial charge in [-0.15, -0.1) is 0 Å². The first-order chi connectivity index (χ1) is 6.87. The first-order valence-corrected chi connectivity index (χ1v) is 8.05. The van der Waals surface area contributed by atoms with Gasteiger partial charge in [0.05, 0.1) is 5.75 Å². The minimum atomic E-state index is -3.11. The van der Waals surface area contributed by atoms with Crippen molar-refractivity contribution < 1.29 is 8.42 Å². The van der Waals surface area contributed by atoms with Crippen LogP contribution in [0, 0.1) is 0 Å². The summed E-state index contributed by atoms with van der Waals surface area (Å²) in [6.07, 6.45) is 1.97. The maximum atomic E-state index is 11.5. The van der Waals surface area contributed by atoms with E-state index in [-0.39, 0.29) is 5.75 Å². The third kappa shape index (κ3) is 9.17. The predicted octanol–water partition coefficient (Wildman–Crippen LogP) is 0.655. The molecule has 0 rings (SSSR count). The summed E-state index contributed by atoms with van der Waals surface area (Å²) in [4.78, 5) is 0. The normalized spacial score (nSPS) is 14.5. The SMILES string of the molecule is CSC(C)CNS(=O)(=O)CCNC(C)C. The Balaban J connectivity index is 3.78. The lowest BCUT2D eigenvalue weighted by Crippen LogP contribution is -2.36. The molecule has 1 unspecified atom stereocenters. The molecule has 0 aliphatic rings. The topological polar surface area (TPSA) is 58.2 Å². The van der Waals surface area contributed by atoms with Crippen molar-refractivity contribution in [2.75, 3.05) is 25.1 Å². The predicted molar refractivity (Wildman–Crippen MR) is 67.9 cm³/mol. The summed E-state index contributed by atoms with van der Waals surface area (Å²) in [6.45, 7) is 7.00. The maximum Gasteiger partial charge on any atom is 0.212 e. The molecule has 0 fully saturated rings. The van der Waals surface area contributed by atoms with Crippen molar-refractivity contribution in [3.8, 4) is 0 Å². The lowest BCUT2D eigenvalue weighted by molar-refractivity contribution is 0.567. The van der Waals surface area contributed by atoms with E-state index in [4.69, 9.17) is 0 Å². The van der Waals surface area contributed by atoms with Crippen LogP contribution in [-0.4, -0.2) is 44.8 Å². The molecule has 0 radical (unpaired) electrons. The van der Waals surface area contributed by atoms with Crippen molar-refractivity contribution in [2.24, 2.45) is 0 Å². The molecule has 0 saturated heterocycles. The number of rotatable bonds is 8. The average molecular weight is 254 g/mol. The van der Waals surface area contributed by atoms with Gasteiger partial charge in [-0.25, -0.2) is 13.1 Å². The van der Waals surface area contributed by atoms with Gasteiger partial charge in [-0.2, -0.15) is 11.8 Å². The van der Waals surface area contributed by atoms with Crippen LogP contribution in [0.25, 0.3) is 0 Å². The molecule has 1 atom stereocenters. The highest BCUT2D eigenvalue weighted by atomic mass is 32.2. The lowest BCUT2D eigenvalue weighted by Gasteiger charge is -2.12. The van der Waals surface area contributed by atoms with Crippen LogP contribution in [0.3, 0.4) is 0 Å². The minimum absolute atomic E-state index is 0.145. The first-order valence-electron chi connectivity index (χ1n) is 5.11. The van der Waals surface area contributed by atoms with Gasteiger partial charge in [-0.1, -0.05) is 20.8 Å². The summed E-state index contributed by atoms with van der Waals surface area (Å²) in [7, 11) is -3.11. The highest BCUT2D eigenvalue weighted by molar-refractivity contribution is 7.99. The monoisotopic (exact) mass is 254 g/mol.